The number of anilines is 1. The third-order valence-electron chi connectivity index (χ3n) is 3.50. The predicted molar refractivity (Wildman–Crippen MR) is 75.8 cm³/mol. The maximum Gasteiger partial charge on any atom is 0.149 e. The molecule has 0 unspecified atom stereocenters. The van der Waals surface area contributed by atoms with Crippen molar-refractivity contribution in [1.82, 2.24) is 5.32 Å². The highest BCUT2D eigenvalue weighted by molar-refractivity contribution is 5.51. The molecule has 1 aromatic rings. The van der Waals surface area contributed by atoms with E-state index >= 15 is 0 Å². The Morgan fingerprint density at radius 3 is 2.35 bits per heavy atom. The highest BCUT2D eigenvalue weighted by Gasteiger charge is 2.22. The molecule has 1 saturated carbocycles. The van der Waals surface area contributed by atoms with Gasteiger partial charge in [-0.15, -0.1) is 0 Å². The van der Waals surface area contributed by atoms with Crippen LogP contribution in [0.1, 0.15) is 32.3 Å². The summed E-state index contributed by atoms with van der Waals surface area (Å²) in [5, 5.41) is 12.3. The van der Waals surface area contributed by atoms with E-state index in [1.165, 1.54) is 12.1 Å². The Bertz CT molecular complexity index is 438. The van der Waals surface area contributed by atoms with Crippen LogP contribution in [0.3, 0.4) is 0 Å². The molecule has 0 atom stereocenters. The molecule has 1 fully saturated rings. The Kier molecular flexibility index (Phi) is 4.94. The van der Waals surface area contributed by atoms with Crippen molar-refractivity contribution < 1.29 is 13.9 Å². The van der Waals surface area contributed by atoms with Crippen molar-refractivity contribution in [3.8, 4) is 0 Å². The summed E-state index contributed by atoms with van der Waals surface area (Å²) in [5.41, 5.74) is 0.563. The van der Waals surface area contributed by atoms with E-state index in [1.54, 1.807) is 4.90 Å². The Hall–Kier alpha value is -1.20. The monoisotopic (exact) mass is 284 g/mol. The summed E-state index contributed by atoms with van der Waals surface area (Å²) in [7, 11) is 0. The van der Waals surface area contributed by atoms with Crippen molar-refractivity contribution >= 4 is 5.69 Å². The Morgan fingerprint density at radius 2 is 1.90 bits per heavy atom. The molecule has 0 bridgehead atoms. The maximum atomic E-state index is 14.2. The normalized spacial score (nSPS) is 14.9. The highest BCUT2D eigenvalue weighted by Crippen LogP contribution is 2.27. The van der Waals surface area contributed by atoms with Gasteiger partial charge in [0.2, 0.25) is 0 Å². The first kappa shape index (κ1) is 15.2. The van der Waals surface area contributed by atoms with E-state index < -0.39 is 11.6 Å². The fourth-order valence-electron chi connectivity index (χ4n) is 2.28. The van der Waals surface area contributed by atoms with Crippen LogP contribution in [0.4, 0.5) is 14.5 Å². The number of benzene rings is 1. The van der Waals surface area contributed by atoms with Crippen LogP contribution in [-0.2, 0) is 6.54 Å². The zero-order valence-electron chi connectivity index (χ0n) is 12.0. The molecule has 2 rings (SSSR count). The molecule has 0 aromatic heterocycles. The Balaban J connectivity index is 2.19. The minimum atomic E-state index is -0.570. The number of halogens is 2. The number of nitrogens with one attached hydrogen (secondary N) is 1. The number of aliphatic hydroxyl groups excluding tert-OH is 1. The quantitative estimate of drug-likeness (QED) is 0.807. The van der Waals surface area contributed by atoms with E-state index in [2.05, 4.69) is 5.32 Å². The smallest absolute Gasteiger partial charge is 0.149 e. The summed E-state index contributed by atoms with van der Waals surface area (Å²) in [6, 6.07) is 3.17. The van der Waals surface area contributed by atoms with Gasteiger partial charge in [0.1, 0.15) is 17.3 Å². The Labute approximate surface area is 118 Å². The molecular weight excluding hydrogens is 262 g/mol. The summed E-state index contributed by atoms with van der Waals surface area (Å²) in [5.74, 6) is -1.14. The lowest BCUT2D eigenvalue weighted by Crippen LogP contribution is -2.35. The topological polar surface area (TPSA) is 35.5 Å². The Morgan fingerprint density at radius 1 is 1.30 bits per heavy atom. The van der Waals surface area contributed by atoms with Crippen LogP contribution in [0.15, 0.2) is 12.1 Å². The molecule has 2 N–H and O–H groups in total. The molecule has 3 nitrogen and oxygen atoms in total. The molecule has 1 aromatic carbocycles. The lowest BCUT2D eigenvalue weighted by molar-refractivity contribution is 0.298. The lowest BCUT2D eigenvalue weighted by atomic mass is 10.1. The minimum absolute atomic E-state index is 0.0516. The van der Waals surface area contributed by atoms with Crippen molar-refractivity contribution in [2.24, 2.45) is 0 Å². The average molecular weight is 284 g/mol. The van der Waals surface area contributed by atoms with Gasteiger partial charge in [-0.2, -0.15) is 0 Å². The molecule has 5 heteroatoms. The first-order valence-corrected chi connectivity index (χ1v) is 7.11. The standard InChI is InChI=1S/C15H22F2N2O/c1-10(2)19(5-6-20)15-13(16)7-11(8-14(15)17)9-18-12-3-4-12/h7-8,10,12,18,20H,3-6,9H2,1-2H3. The first-order chi connectivity index (χ1) is 9.52. The first-order valence-electron chi connectivity index (χ1n) is 7.11. The molecule has 0 saturated heterocycles. The molecule has 0 amide bonds. The van der Waals surface area contributed by atoms with Gasteiger partial charge in [-0.05, 0) is 44.4 Å². The zero-order chi connectivity index (χ0) is 14.7. The van der Waals surface area contributed by atoms with Crippen molar-refractivity contribution in [3.63, 3.8) is 0 Å². The third kappa shape index (κ3) is 3.67. The van der Waals surface area contributed by atoms with Gasteiger partial charge in [0, 0.05) is 25.2 Å². The fourth-order valence-corrected chi connectivity index (χ4v) is 2.28. The molecule has 20 heavy (non-hydrogen) atoms. The average Bonchev–Trinajstić information content (AvgIpc) is 3.18. The molecule has 0 spiro atoms. The van der Waals surface area contributed by atoms with Gasteiger partial charge in [-0.1, -0.05) is 0 Å². The van der Waals surface area contributed by atoms with Gasteiger partial charge < -0.3 is 15.3 Å². The van der Waals surface area contributed by atoms with E-state index in [0.717, 1.165) is 12.8 Å². The lowest BCUT2D eigenvalue weighted by Gasteiger charge is -2.29. The number of nitrogens with zero attached hydrogens (tertiary/aromatic N) is 1. The molecule has 0 radical (unpaired) electrons. The van der Waals surface area contributed by atoms with E-state index in [9.17, 15) is 8.78 Å². The van der Waals surface area contributed by atoms with Crippen LogP contribution in [0, 0.1) is 11.6 Å². The number of aliphatic hydroxyl groups is 1. The number of hydrogen-bond donors (Lipinski definition) is 2. The maximum absolute atomic E-state index is 14.2. The summed E-state index contributed by atoms with van der Waals surface area (Å²) in [6.07, 6.45) is 2.28. The zero-order valence-corrected chi connectivity index (χ0v) is 12.0. The molecule has 112 valence electrons. The molecule has 1 aliphatic carbocycles. The number of rotatable bonds is 7. The van der Waals surface area contributed by atoms with E-state index in [4.69, 9.17) is 5.11 Å². The second kappa shape index (κ2) is 6.50. The van der Waals surface area contributed by atoms with Crippen molar-refractivity contribution in [2.75, 3.05) is 18.1 Å². The summed E-state index contributed by atoms with van der Waals surface area (Å²) in [6.45, 7) is 4.25. The van der Waals surface area contributed by atoms with Crippen molar-refractivity contribution in [3.05, 3.63) is 29.3 Å². The van der Waals surface area contributed by atoms with Crippen LogP contribution in [0.25, 0.3) is 0 Å². The van der Waals surface area contributed by atoms with Crippen LogP contribution in [0.5, 0.6) is 0 Å². The second-order valence-electron chi connectivity index (χ2n) is 5.57. The van der Waals surface area contributed by atoms with Gasteiger partial charge in [-0.25, -0.2) is 8.78 Å². The molecule has 0 heterocycles. The largest absolute Gasteiger partial charge is 0.395 e. The van der Waals surface area contributed by atoms with Gasteiger partial charge in [0.15, 0.2) is 0 Å². The minimum Gasteiger partial charge on any atom is -0.395 e. The highest BCUT2D eigenvalue weighted by atomic mass is 19.1. The van der Waals surface area contributed by atoms with Crippen LogP contribution in [0.2, 0.25) is 0 Å². The summed E-state index contributed by atoms with van der Waals surface area (Å²) >= 11 is 0. The molecule has 0 aliphatic heterocycles. The van der Waals surface area contributed by atoms with Crippen molar-refractivity contribution in [2.45, 2.75) is 45.3 Å². The molecular formula is C15H22F2N2O. The van der Waals surface area contributed by atoms with Gasteiger partial charge in [-0.3, -0.25) is 0 Å². The fraction of sp³-hybridized carbons (Fsp3) is 0.600. The van der Waals surface area contributed by atoms with Gasteiger partial charge in [0.25, 0.3) is 0 Å². The van der Waals surface area contributed by atoms with Crippen LogP contribution < -0.4 is 10.2 Å². The van der Waals surface area contributed by atoms with E-state index in [0.29, 0.717) is 18.2 Å². The van der Waals surface area contributed by atoms with Crippen LogP contribution >= 0.6 is 0 Å². The van der Waals surface area contributed by atoms with Crippen LogP contribution in [-0.4, -0.2) is 30.3 Å². The van der Waals surface area contributed by atoms with E-state index in [-0.39, 0.29) is 24.9 Å². The predicted octanol–water partition coefficient (Wildman–Crippen LogP) is 2.42. The summed E-state index contributed by atoms with van der Waals surface area (Å²) < 4.78 is 28.4. The number of hydrogen-bond acceptors (Lipinski definition) is 3. The van der Waals surface area contributed by atoms with Gasteiger partial charge >= 0.3 is 0 Å². The molecule has 1 aliphatic rings. The SMILES string of the molecule is CC(C)N(CCO)c1c(F)cc(CNC2CC2)cc1F. The van der Waals surface area contributed by atoms with Gasteiger partial charge in [0.05, 0.1) is 6.61 Å². The van der Waals surface area contributed by atoms with Crippen molar-refractivity contribution in [1.29, 1.82) is 0 Å². The third-order valence-corrected chi connectivity index (χ3v) is 3.50. The van der Waals surface area contributed by atoms with E-state index in [1.807, 2.05) is 13.8 Å². The second-order valence-corrected chi connectivity index (χ2v) is 5.57. The summed E-state index contributed by atoms with van der Waals surface area (Å²) in [4.78, 5) is 1.54.